The Hall–Kier alpha value is -2.61. The Kier molecular flexibility index (Phi) is 4.50. The highest BCUT2D eigenvalue weighted by Gasteiger charge is 2.16. The highest BCUT2D eigenvalue weighted by atomic mass is 32.2. The number of thiophene rings is 1. The van der Waals surface area contributed by atoms with Crippen molar-refractivity contribution in [1.29, 1.82) is 0 Å². The summed E-state index contributed by atoms with van der Waals surface area (Å²) in [5.41, 5.74) is 2.22. The summed E-state index contributed by atoms with van der Waals surface area (Å²) in [6, 6.07) is 14.7. The fourth-order valence-electron chi connectivity index (χ4n) is 2.72. The maximum atomic E-state index is 12.7. The van der Waals surface area contributed by atoms with Crippen molar-refractivity contribution in [1.82, 2.24) is 14.7 Å². The van der Waals surface area contributed by atoms with E-state index in [2.05, 4.69) is 14.7 Å². The molecular formula is C19H15N3O2S2. The third-order valence-electron chi connectivity index (χ3n) is 4.03. The van der Waals surface area contributed by atoms with Crippen molar-refractivity contribution in [3.8, 4) is 11.3 Å². The number of hydrogen-bond acceptors (Lipinski definition) is 5. The minimum Gasteiger partial charge on any atom is -0.256 e. The van der Waals surface area contributed by atoms with Gasteiger partial charge < -0.3 is 0 Å². The van der Waals surface area contributed by atoms with Crippen molar-refractivity contribution < 1.29 is 8.42 Å². The van der Waals surface area contributed by atoms with Crippen molar-refractivity contribution in [2.45, 2.75) is 11.4 Å². The van der Waals surface area contributed by atoms with Crippen LogP contribution in [0.4, 0.5) is 0 Å². The number of fused-ring (bicyclic) bond motifs is 1. The van der Waals surface area contributed by atoms with Crippen LogP contribution in [0.25, 0.3) is 22.0 Å². The molecule has 7 heteroatoms. The van der Waals surface area contributed by atoms with E-state index in [0.717, 1.165) is 16.3 Å². The van der Waals surface area contributed by atoms with Gasteiger partial charge in [0.1, 0.15) is 0 Å². The van der Waals surface area contributed by atoms with Crippen molar-refractivity contribution in [2.24, 2.45) is 0 Å². The lowest BCUT2D eigenvalue weighted by molar-refractivity contribution is 0.580. The number of sulfonamides is 1. The Morgan fingerprint density at radius 1 is 0.962 bits per heavy atom. The fraction of sp³-hybridized carbons (Fsp3) is 0.0526. The Balaban J connectivity index is 1.61. The first-order chi connectivity index (χ1) is 12.6. The Morgan fingerprint density at radius 3 is 2.58 bits per heavy atom. The molecule has 0 aliphatic rings. The lowest BCUT2D eigenvalue weighted by Gasteiger charge is -2.09. The Labute approximate surface area is 155 Å². The molecule has 2 heterocycles. The van der Waals surface area contributed by atoms with Crippen LogP contribution in [-0.2, 0) is 16.6 Å². The SMILES string of the molecule is O=S(=O)(NCc1nccnc1-c1ccsc1)c1ccc2ccccc2c1. The van der Waals surface area contributed by atoms with Gasteiger partial charge in [-0.3, -0.25) is 9.97 Å². The van der Waals surface area contributed by atoms with Gasteiger partial charge in [-0.2, -0.15) is 11.3 Å². The molecule has 0 spiro atoms. The standard InChI is InChI=1S/C19H15N3O2S2/c23-26(24,17-6-5-14-3-1-2-4-15(14)11-17)22-12-18-19(21-9-8-20-18)16-7-10-25-13-16/h1-11,13,22H,12H2. The number of nitrogens with one attached hydrogen (secondary N) is 1. The lowest BCUT2D eigenvalue weighted by Crippen LogP contribution is -2.24. The summed E-state index contributed by atoms with van der Waals surface area (Å²) in [6.07, 6.45) is 3.17. The van der Waals surface area contributed by atoms with Crippen LogP contribution in [0, 0.1) is 0 Å². The molecule has 4 aromatic rings. The molecule has 1 N–H and O–H groups in total. The Morgan fingerprint density at radius 2 is 1.77 bits per heavy atom. The molecule has 2 aromatic heterocycles. The first-order valence-corrected chi connectivity index (χ1v) is 10.4. The van der Waals surface area contributed by atoms with Gasteiger partial charge in [-0.05, 0) is 34.4 Å². The fourth-order valence-corrected chi connectivity index (χ4v) is 4.38. The molecule has 0 aliphatic heterocycles. The smallest absolute Gasteiger partial charge is 0.240 e. The van der Waals surface area contributed by atoms with Gasteiger partial charge in [0.15, 0.2) is 0 Å². The van der Waals surface area contributed by atoms with Crippen LogP contribution in [-0.4, -0.2) is 18.4 Å². The molecule has 0 fully saturated rings. The van der Waals surface area contributed by atoms with Crippen molar-refractivity contribution in [3.63, 3.8) is 0 Å². The molecule has 2 aromatic carbocycles. The molecule has 0 atom stereocenters. The summed E-state index contributed by atoms with van der Waals surface area (Å²) in [6.45, 7) is 0.0776. The first-order valence-electron chi connectivity index (χ1n) is 7.94. The molecule has 0 aliphatic carbocycles. The second-order valence-electron chi connectivity index (χ2n) is 5.70. The maximum Gasteiger partial charge on any atom is 0.240 e. The minimum atomic E-state index is -3.65. The van der Waals surface area contributed by atoms with E-state index in [9.17, 15) is 8.42 Å². The van der Waals surface area contributed by atoms with Gasteiger partial charge in [-0.1, -0.05) is 30.3 Å². The predicted molar refractivity (Wildman–Crippen MR) is 103 cm³/mol. The molecule has 0 unspecified atom stereocenters. The topological polar surface area (TPSA) is 72.0 Å². The zero-order valence-corrected chi connectivity index (χ0v) is 15.3. The van der Waals surface area contributed by atoms with Gasteiger partial charge in [0.25, 0.3) is 0 Å². The molecule has 0 saturated heterocycles. The summed E-state index contributed by atoms with van der Waals surface area (Å²) < 4.78 is 28.0. The van der Waals surface area contributed by atoms with Crippen LogP contribution in [0.1, 0.15) is 5.69 Å². The second-order valence-corrected chi connectivity index (χ2v) is 8.24. The summed E-state index contributed by atoms with van der Waals surface area (Å²) in [7, 11) is -3.65. The third-order valence-corrected chi connectivity index (χ3v) is 6.11. The molecule has 26 heavy (non-hydrogen) atoms. The number of rotatable bonds is 5. The van der Waals surface area contributed by atoms with Crippen molar-refractivity contribution in [2.75, 3.05) is 0 Å². The molecule has 5 nitrogen and oxygen atoms in total. The van der Waals surface area contributed by atoms with Crippen molar-refractivity contribution in [3.05, 3.63) is 77.4 Å². The average molecular weight is 381 g/mol. The van der Waals surface area contributed by atoms with Gasteiger partial charge in [-0.25, -0.2) is 13.1 Å². The van der Waals surface area contributed by atoms with Gasteiger partial charge in [0, 0.05) is 23.3 Å². The molecule has 0 bridgehead atoms. The van der Waals surface area contributed by atoms with Gasteiger partial charge in [0.05, 0.1) is 22.8 Å². The summed E-state index contributed by atoms with van der Waals surface area (Å²) >= 11 is 1.56. The van der Waals surface area contributed by atoms with E-state index in [1.807, 2.05) is 47.2 Å². The molecule has 0 amide bonds. The Bertz CT molecular complexity index is 1160. The van der Waals surface area contributed by atoms with E-state index in [-0.39, 0.29) is 11.4 Å². The first kappa shape index (κ1) is 16.8. The maximum absolute atomic E-state index is 12.7. The van der Waals surface area contributed by atoms with Crippen LogP contribution < -0.4 is 4.72 Å². The van der Waals surface area contributed by atoms with Crippen LogP contribution in [0.3, 0.4) is 0 Å². The van der Waals surface area contributed by atoms with E-state index in [0.29, 0.717) is 11.4 Å². The molecular weight excluding hydrogens is 366 g/mol. The monoisotopic (exact) mass is 381 g/mol. The van der Waals surface area contributed by atoms with Gasteiger partial charge >= 0.3 is 0 Å². The van der Waals surface area contributed by atoms with E-state index >= 15 is 0 Å². The highest BCUT2D eigenvalue weighted by molar-refractivity contribution is 7.89. The second kappa shape index (κ2) is 6.95. The largest absolute Gasteiger partial charge is 0.256 e. The van der Waals surface area contributed by atoms with E-state index in [1.165, 1.54) is 0 Å². The molecule has 0 saturated carbocycles. The number of aromatic nitrogens is 2. The van der Waals surface area contributed by atoms with Crippen LogP contribution >= 0.6 is 11.3 Å². The lowest BCUT2D eigenvalue weighted by atomic mass is 10.1. The summed E-state index contributed by atoms with van der Waals surface area (Å²) in [4.78, 5) is 8.87. The normalized spacial score (nSPS) is 11.7. The van der Waals surface area contributed by atoms with Crippen LogP contribution in [0.5, 0.6) is 0 Å². The van der Waals surface area contributed by atoms with Crippen LogP contribution in [0.15, 0.2) is 76.6 Å². The summed E-state index contributed by atoms with van der Waals surface area (Å²) in [5.74, 6) is 0. The number of hydrogen-bond donors (Lipinski definition) is 1. The van der Waals surface area contributed by atoms with E-state index < -0.39 is 10.0 Å². The summed E-state index contributed by atoms with van der Waals surface area (Å²) in [5, 5.41) is 5.80. The third kappa shape index (κ3) is 3.37. The van der Waals surface area contributed by atoms with Gasteiger partial charge in [-0.15, -0.1) is 0 Å². The van der Waals surface area contributed by atoms with Crippen LogP contribution in [0.2, 0.25) is 0 Å². The number of nitrogens with zero attached hydrogens (tertiary/aromatic N) is 2. The minimum absolute atomic E-state index is 0.0776. The average Bonchev–Trinajstić information content (AvgIpc) is 3.21. The predicted octanol–water partition coefficient (Wildman–Crippen LogP) is 3.84. The quantitative estimate of drug-likeness (QED) is 0.570. The van der Waals surface area contributed by atoms with E-state index in [4.69, 9.17) is 0 Å². The zero-order valence-electron chi connectivity index (χ0n) is 13.7. The molecule has 130 valence electrons. The van der Waals surface area contributed by atoms with Gasteiger partial charge in [0.2, 0.25) is 10.0 Å². The molecule has 0 radical (unpaired) electrons. The zero-order chi connectivity index (χ0) is 18.0. The van der Waals surface area contributed by atoms with Crippen molar-refractivity contribution >= 4 is 32.1 Å². The molecule has 4 rings (SSSR count). The highest BCUT2D eigenvalue weighted by Crippen LogP contribution is 2.23. The number of benzene rings is 2. The van der Waals surface area contributed by atoms with E-state index in [1.54, 1.807) is 35.9 Å².